The molecule has 1 amide bonds. The lowest BCUT2D eigenvalue weighted by Crippen LogP contribution is -2.23. The first-order valence-electron chi connectivity index (χ1n) is 5.83. The molecule has 0 saturated carbocycles. The molecule has 104 valence electrons. The molecule has 6 heteroatoms. The van der Waals surface area contributed by atoms with Gasteiger partial charge in [-0.25, -0.2) is 0 Å². The minimum Gasteiger partial charge on any atom is -0.494 e. The minimum absolute atomic E-state index is 0.293. The van der Waals surface area contributed by atoms with Crippen molar-refractivity contribution in [2.45, 2.75) is 6.54 Å². The number of pyridine rings is 1. The molecule has 1 aromatic carbocycles. The van der Waals surface area contributed by atoms with Gasteiger partial charge in [0.1, 0.15) is 5.75 Å². The topological polar surface area (TPSA) is 51.2 Å². The lowest BCUT2D eigenvalue weighted by atomic mass is 10.2. The van der Waals surface area contributed by atoms with Gasteiger partial charge in [-0.3, -0.25) is 9.78 Å². The molecule has 2 rings (SSSR count). The molecule has 0 aliphatic carbocycles. The van der Waals surface area contributed by atoms with Gasteiger partial charge < -0.3 is 10.1 Å². The maximum atomic E-state index is 12.2. The molecule has 0 saturated heterocycles. The first kappa shape index (κ1) is 14.6. The molecule has 0 fully saturated rings. The third-order valence-corrected chi connectivity index (χ3v) is 3.11. The maximum absolute atomic E-state index is 12.2. The first-order chi connectivity index (χ1) is 9.61. The number of carbonyl (C=O) groups excluding carboxylic acids is 1. The number of carbonyl (C=O) groups is 1. The number of nitrogens with one attached hydrogen (secondary N) is 1. The summed E-state index contributed by atoms with van der Waals surface area (Å²) in [6.45, 7) is 0.312. The predicted octanol–water partition coefficient (Wildman–Crippen LogP) is 3.33. The second-order valence-corrected chi connectivity index (χ2v) is 4.82. The van der Waals surface area contributed by atoms with Crippen LogP contribution in [0, 0.1) is 0 Å². The number of amides is 1. The van der Waals surface area contributed by atoms with Crippen LogP contribution in [-0.4, -0.2) is 18.0 Å². The van der Waals surface area contributed by atoms with Gasteiger partial charge in [0.05, 0.1) is 29.9 Å². The zero-order valence-electron chi connectivity index (χ0n) is 10.7. The van der Waals surface area contributed by atoms with Gasteiger partial charge in [0, 0.05) is 11.2 Å². The second-order valence-electron chi connectivity index (χ2n) is 3.97. The predicted molar refractivity (Wildman–Crippen MR) is 78.4 cm³/mol. The number of ether oxygens (including phenoxy) is 1. The standard InChI is InChI=1S/C14H12Cl2N2O2/c1-20-13-11(6-9(15)7-12(13)16)14(19)18-8-10-4-2-3-5-17-10/h2-7H,8H2,1H3,(H,18,19). The average molecular weight is 311 g/mol. The third kappa shape index (κ3) is 3.40. The maximum Gasteiger partial charge on any atom is 0.255 e. The van der Waals surface area contributed by atoms with E-state index >= 15 is 0 Å². The van der Waals surface area contributed by atoms with Crippen LogP contribution < -0.4 is 10.1 Å². The number of nitrogens with zero attached hydrogens (tertiary/aromatic N) is 1. The van der Waals surface area contributed by atoms with Crippen molar-refractivity contribution in [2.75, 3.05) is 7.11 Å². The van der Waals surface area contributed by atoms with E-state index in [1.807, 2.05) is 18.2 Å². The molecule has 1 heterocycles. The number of halogens is 2. The highest BCUT2D eigenvalue weighted by Crippen LogP contribution is 2.32. The Balaban J connectivity index is 2.17. The number of rotatable bonds is 4. The number of benzene rings is 1. The van der Waals surface area contributed by atoms with Crippen LogP contribution in [0.25, 0.3) is 0 Å². The summed E-state index contributed by atoms with van der Waals surface area (Å²) in [6.07, 6.45) is 1.67. The number of methoxy groups -OCH3 is 1. The summed E-state index contributed by atoms with van der Waals surface area (Å²) >= 11 is 11.9. The Morgan fingerprint density at radius 1 is 1.35 bits per heavy atom. The summed E-state index contributed by atoms with van der Waals surface area (Å²) in [5, 5.41) is 3.41. The fourth-order valence-electron chi connectivity index (χ4n) is 1.71. The summed E-state index contributed by atoms with van der Waals surface area (Å²) in [4.78, 5) is 16.3. The number of hydrogen-bond donors (Lipinski definition) is 1. The van der Waals surface area contributed by atoms with Crippen LogP contribution in [0.1, 0.15) is 16.1 Å². The van der Waals surface area contributed by atoms with Gasteiger partial charge in [0.2, 0.25) is 0 Å². The van der Waals surface area contributed by atoms with Gasteiger partial charge in [0.25, 0.3) is 5.91 Å². The number of aromatic nitrogens is 1. The lowest BCUT2D eigenvalue weighted by molar-refractivity contribution is 0.0947. The smallest absolute Gasteiger partial charge is 0.255 e. The molecular weight excluding hydrogens is 299 g/mol. The molecule has 0 aliphatic heterocycles. The quantitative estimate of drug-likeness (QED) is 0.942. The van der Waals surface area contributed by atoms with Crippen molar-refractivity contribution in [3.05, 3.63) is 57.8 Å². The van der Waals surface area contributed by atoms with Crippen LogP contribution in [-0.2, 0) is 6.54 Å². The molecule has 0 unspecified atom stereocenters. The lowest BCUT2D eigenvalue weighted by Gasteiger charge is -2.11. The van der Waals surface area contributed by atoms with Crippen LogP contribution in [0.3, 0.4) is 0 Å². The molecule has 4 nitrogen and oxygen atoms in total. The Hall–Kier alpha value is -1.78. The Labute approximate surface area is 126 Å². The molecule has 1 N–H and O–H groups in total. The summed E-state index contributed by atoms with van der Waals surface area (Å²) in [5.74, 6) is -0.0218. The van der Waals surface area contributed by atoms with Crippen molar-refractivity contribution >= 4 is 29.1 Å². The van der Waals surface area contributed by atoms with Gasteiger partial charge >= 0.3 is 0 Å². The molecule has 0 aliphatic rings. The van der Waals surface area contributed by atoms with Gasteiger partial charge in [-0.15, -0.1) is 0 Å². The van der Waals surface area contributed by atoms with Crippen molar-refractivity contribution in [2.24, 2.45) is 0 Å². The highest BCUT2D eigenvalue weighted by Gasteiger charge is 2.16. The second kappa shape index (κ2) is 6.59. The molecule has 0 spiro atoms. The van der Waals surface area contributed by atoms with Gasteiger partial charge in [0.15, 0.2) is 0 Å². The minimum atomic E-state index is -0.322. The van der Waals surface area contributed by atoms with E-state index in [1.54, 1.807) is 6.20 Å². The monoisotopic (exact) mass is 310 g/mol. The van der Waals surface area contributed by atoms with Crippen LogP contribution in [0.2, 0.25) is 10.0 Å². The summed E-state index contributed by atoms with van der Waals surface area (Å²) < 4.78 is 5.14. The zero-order valence-corrected chi connectivity index (χ0v) is 12.2. The average Bonchev–Trinajstić information content (AvgIpc) is 2.45. The van der Waals surface area contributed by atoms with E-state index in [-0.39, 0.29) is 5.91 Å². The van der Waals surface area contributed by atoms with Crippen molar-refractivity contribution in [1.82, 2.24) is 10.3 Å². The third-order valence-electron chi connectivity index (χ3n) is 2.61. The summed E-state index contributed by atoms with van der Waals surface area (Å²) in [5.41, 5.74) is 1.05. The van der Waals surface area contributed by atoms with Gasteiger partial charge in [-0.05, 0) is 24.3 Å². The van der Waals surface area contributed by atoms with E-state index in [4.69, 9.17) is 27.9 Å². The van der Waals surface area contributed by atoms with E-state index < -0.39 is 0 Å². The molecular formula is C14H12Cl2N2O2. The molecule has 0 atom stereocenters. The molecule has 0 radical (unpaired) electrons. The molecule has 1 aromatic heterocycles. The van der Waals surface area contributed by atoms with Gasteiger partial charge in [-0.1, -0.05) is 29.3 Å². The highest BCUT2D eigenvalue weighted by molar-refractivity contribution is 6.36. The van der Waals surface area contributed by atoms with Crippen molar-refractivity contribution in [3.8, 4) is 5.75 Å². The first-order valence-corrected chi connectivity index (χ1v) is 6.58. The van der Waals surface area contributed by atoms with Crippen LogP contribution >= 0.6 is 23.2 Å². The van der Waals surface area contributed by atoms with E-state index in [1.165, 1.54) is 19.2 Å². The van der Waals surface area contributed by atoms with E-state index in [0.717, 1.165) is 5.69 Å². The van der Waals surface area contributed by atoms with E-state index in [2.05, 4.69) is 10.3 Å². The van der Waals surface area contributed by atoms with Crippen molar-refractivity contribution < 1.29 is 9.53 Å². The fourth-order valence-corrected chi connectivity index (χ4v) is 2.28. The molecule has 2 aromatic rings. The largest absolute Gasteiger partial charge is 0.494 e. The van der Waals surface area contributed by atoms with E-state index in [0.29, 0.717) is 27.9 Å². The fraction of sp³-hybridized carbons (Fsp3) is 0.143. The van der Waals surface area contributed by atoms with Crippen LogP contribution in [0.5, 0.6) is 5.75 Å². The SMILES string of the molecule is COc1c(Cl)cc(Cl)cc1C(=O)NCc1ccccn1. The van der Waals surface area contributed by atoms with Gasteiger partial charge in [-0.2, -0.15) is 0 Å². The number of hydrogen-bond acceptors (Lipinski definition) is 3. The van der Waals surface area contributed by atoms with E-state index in [9.17, 15) is 4.79 Å². The highest BCUT2D eigenvalue weighted by atomic mass is 35.5. The normalized spacial score (nSPS) is 10.2. The molecule has 0 bridgehead atoms. The van der Waals surface area contributed by atoms with Crippen molar-refractivity contribution in [1.29, 1.82) is 0 Å². The Bertz CT molecular complexity index is 618. The van der Waals surface area contributed by atoms with Crippen LogP contribution in [0.4, 0.5) is 0 Å². The van der Waals surface area contributed by atoms with Crippen LogP contribution in [0.15, 0.2) is 36.5 Å². The van der Waals surface area contributed by atoms with Crippen molar-refractivity contribution in [3.63, 3.8) is 0 Å². The Morgan fingerprint density at radius 3 is 2.80 bits per heavy atom. The summed E-state index contributed by atoms with van der Waals surface area (Å²) in [7, 11) is 1.45. The zero-order chi connectivity index (χ0) is 14.5. The Kier molecular flexibility index (Phi) is 4.82. The summed E-state index contributed by atoms with van der Waals surface area (Å²) in [6, 6.07) is 8.52. The Morgan fingerprint density at radius 2 is 2.15 bits per heavy atom. The molecule has 20 heavy (non-hydrogen) atoms.